The summed E-state index contributed by atoms with van der Waals surface area (Å²) in [6.07, 6.45) is 7.00. The van der Waals surface area contributed by atoms with Gasteiger partial charge in [0.15, 0.2) is 0 Å². The Bertz CT molecular complexity index is 472. The van der Waals surface area contributed by atoms with Gasteiger partial charge in [0.2, 0.25) is 5.91 Å². The number of carbonyl (C=O) groups is 1. The van der Waals surface area contributed by atoms with Gasteiger partial charge in [-0.3, -0.25) is 9.78 Å². The quantitative estimate of drug-likeness (QED) is 0.777. The number of hydrogen-bond acceptors (Lipinski definition) is 4. The molecule has 21 heavy (non-hydrogen) atoms. The molecule has 1 amide bonds. The third-order valence-electron chi connectivity index (χ3n) is 4.41. The Morgan fingerprint density at radius 3 is 3.14 bits per heavy atom. The first kappa shape index (κ1) is 14.3. The summed E-state index contributed by atoms with van der Waals surface area (Å²) >= 11 is 0. The molecule has 1 spiro atoms. The lowest BCUT2D eigenvalue weighted by molar-refractivity contribution is -0.137. The minimum absolute atomic E-state index is 0.220. The Labute approximate surface area is 125 Å². The molecule has 5 nitrogen and oxygen atoms in total. The SMILES string of the molecule is O=C1CC[C@]2(CCOC2)CN1CCCOc1cccnc1. The van der Waals surface area contributed by atoms with Crippen molar-refractivity contribution in [2.75, 3.05) is 32.9 Å². The fraction of sp³-hybridized carbons (Fsp3) is 0.625. The Morgan fingerprint density at radius 1 is 1.43 bits per heavy atom. The van der Waals surface area contributed by atoms with Gasteiger partial charge in [0.05, 0.1) is 19.4 Å². The molecule has 2 aliphatic heterocycles. The molecule has 114 valence electrons. The van der Waals surface area contributed by atoms with Gasteiger partial charge in [-0.05, 0) is 31.4 Å². The summed E-state index contributed by atoms with van der Waals surface area (Å²) in [7, 11) is 0. The van der Waals surface area contributed by atoms with Gasteiger partial charge in [0.25, 0.3) is 0 Å². The number of aromatic nitrogens is 1. The van der Waals surface area contributed by atoms with Crippen molar-refractivity contribution in [1.29, 1.82) is 0 Å². The number of rotatable bonds is 5. The van der Waals surface area contributed by atoms with Crippen LogP contribution >= 0.6 is 0 Å². The van der Waals surface area contributed by atoms with Crippen LogP contribution in [0.3, 0.4) is 0 Å². The zero-order valence-corrected chi connectivity index (χ0v) is 12.3. The van der Waals surface area contributed by atoms with E-state index in [1.165, 1.54) is 0 Å². The minimum Gasteiger partial charge on any atom is -0.492 e. The van der Waals surface area contributed by atoms with E-state index in [1.54, 1.807) is 12.4 Å². The molecule has 1 atom stereocenters. The summed E-state index contributed by atoms with van der Waals surface area (Å²) in [4.78, 5) is 18.0. The summed E-state index contributed by atoms with van der Waals surface area (Å²) in [5.41, 5.74) is 0.220. The van der Waals surface area contributed by atoms with Crippen molar-refractivity contribution in [2.45, 2.75) is 25.7 Å². The van der Waals surface area contributed by atoms with Gasteiger partial charge >= 0.3 is 0 Å². The topological polar surface area (TPSA) is 51.7 Å². The highest BCUT2D eigenvalue weighted by molar-refractivity contribution is 5.77. The molecular weight excluding hydrogens is 268 g/mol. The maximum absolute atomic E-state index is 12.0. The summed E-state index contributed by atoms with van der Waals surface area (Å²) in [5.74, 6) is 1.05. The molecule has 0 aliphatic carbocycles. The highest BCUT2D eigenvalue weighted by atomic mass is 16.5. The molecule has 5 heteroatoms. The second-order valence-electron chi connectivity index (χ2n) is 6.01. The van der Waals surface area contributed by atoms with E-state index in [4.69, 9.17) is 9.47 Å². The van der Waals surface area contributed by atoms with E-state index >= 15 is 0 Å². The van der Waals surface area contributed by atoms with Gasteiger partial charge in [-0.15, -0.1) is 0 Å². The lowest BCUT2D eigenvalue weighted by atomic mass is 9.79. The number of carbonyl (C=O) groups excluding carboxylic acids is 1. The first-order valence-corrected chi connectivity index (χ1v) is 7.66. The first-order valence-electron chi connectivity index (χ1n) is 7.66. The molecule has 0 radical (unpaired) electrons. The van der Waals surface area contributed by atoms with Crippen molar-refractivity contribution in [1.82, 2.24) is 9.88 Å². The summed E-state index contributed by atoms with van der Waals surface area (Å²) in [5, 5.41) is 0. The summed E-state index contributed by atoms with van der Waals surface area (Å²) < 4.78 is 11.2. The van der Waals surface area contributed by atoms with Crippen molar-refractivity contribution >= 4 is 5.91 Å². The molecule has 1 aromatic heterocycles. The normalized spacial score (nSPS) is 25.5. The molecule has 0 bridgehead atoms. The molecule has 3 rings (SSSR count). The third-order valence-corrected chi connectivity index (χ3v) is 4.41. The maximum atomic E-state index is 12.0. The van der Waals surface area contributed by atoms with E-state index in [0.717, 1.165) is 51.3 Å². The Balaban J connectivity index is 1.44. The van der Waals surface area contributed by atoms with Gasteiger partial charge in [-0.1, -0.05) is 0 Å². The zero-order valence-electron chi connectivity index (χ0n) is 12.3. The minimum atomic E-state index is 0.220. The van der Waals surface area contributed by atoms with Crippen molar-refractivity contribution in [3.05, 3.63) is 24.5 Å². The predicted octanol–water partition coefficient (Wildman–Crippen LogP) is 1.88. The Hall–Kier alpha value is -1.62. The molecule has 2 fully saturated rings. The van der Waals surface area contributed by atoms with Crippen molar-refractivity contribution in [3.63, 3.8) is 0 Å². The highest BCUT2D eigenvalue weighted by Gasteiger charge is 2.41. The number of piperidine rings is 1. The molecule has 2 aliphatic rings. The van der Waals surface area contributed by atoms with E-state index in [0.29, 0.717) is 13.0 Å². The van der Waals surface area contributed by atoms with Gasteiger partial charge in [-0.2, -0.15) is 0 Å². The molecule has 2 saturated heterocycles. The predicted molar refractivity (Wildman–Crippen MR) is 78.0 cm³/mol. The van der Waals surface area contributed by atoms with Crippen LogP contribution < -0.4 is 4.74 Å². The monoisotopic (exact) mass is 290 g/mol. The molecule has 0 unspecified atom stereocenters. The van der Waals surface area contributed by atoms with Crippen LogP contribution in [0, 0.1) is 5.41 Å². The fourth-order valence-electron chi connectivity index (χ4n) is 3.16. The highest BCUT2D eigenvalue weighted by Crippen LogP contribution is 2.37. The van der Waals surface area contributed by atoms with Crippen LogP contribution in [0.2, 0.25) is 0 Å². The van der Waals surface area contributed by atoms with Crippen LogP contribution in [-0.2, 0) is 9.53 Å². The number of pyridine rings is 1. The molecule has 0 saturated carbocycles. The molecule has 3 heterocycles. The Morgan fingerprint density at radius 2 is 2.38 bits per heavy atom. The lowest BCUT2D eigenvalue weighted by Gasteiger charge is -2.39. The van der Waals surface area contributed by atoms with E-state index in [-0.39, 0.29) is 11.3 Å². The van der Waals surface area contributed by atoms with E-state index in [2.05, 4.69) is 4.98 Å². The lowest BCUT2D eigenvalue weighted by Crippen LogP contribution is -2.47. The molecular formula is C16H22N2O3. The number of likely N-dealkylation sites (tertiary alicyclic amines) is 1. The molecule has 1 aromatic rings. The van der Waals surface area contributed by atoms with E-state index in [9.17, 15) is 4.79 Å². The summed E-state index contributed by atoms with van der Waals surface area (Å²) in [6, 6.07) is 3.75. The van der Waals surface area contributed by atoms with Crippen LogP contribution in [-0.4, -0.2) is 48.7 Å². The van der Waals surface area contributed by atoms with Crippen LogP contribution in [0.4, 0.5) is 0 Å². The van der Waals surface area contributed by atoms with Crippen LogP contribution in [0.25, 0.3) is 0 Å². The number of nitrogens with zero attached hydrogens (tertiary/aromatic N) is 2. The smallest absolute Gasteiger partial charge is 0.222 e. The van der Waals surface area contributed by atoms with Gasteiger partial charge < -0.3 is 14.4 Å². The third kappa shape index (κ3) is 3.53. The first-order chi connectivity index (χ1) is 10.3. The summed E-state index contributed by atoms with van der Waals surface area (Å²) in [6.45, 7) is 3.87. The Kier molecular flexibility index (Phi) is 4.39. The van der Waals surface area contributed by atoms with Crippen molar-refractivity contribution < 1.29 is 14.3 Å². The van der Waals surface area contributed by atoms with Gasteiger partial charge in [0.1, 0.15) is 5.75 Å². The van der Waals surface area contributed by atoms with Crippen molar-refractivity contribution in [3.8, 4) is 5.75 Å². The largest absolute Gasteiger partial charge is 0.492 e. The number of ether oxygens (including phenoxy) is 2. The zero-order chi connectivity index (χ0) is 14.5. The van der Waals surface area contributed by atoms with Crippen LogP contribution in [0.15, 0.2) is 24.5 Å². The van der Waals surface area contributed by atoms with Crippen molar-refractivity contribution in [2.24, 2.45) is 5.41 Å². The van der Waals surface area contributed by atoms with Gasteiger partial charge in [0, 0.05) is 37.7 Å². The molecule has 0 aromatic carbocycles. The second-order valence-corrected chi connectivity index (χ2v) is 6.01. The van der Waals surface area contributed by atoms with Crippen LogP contribution in [0.1, 0.15) is 25.7 Å². The van der Waals surface area contributed by atoms with E-state index < -0.39 is 0 Å². The average Bonchev–Trinajstić information content (AvgIpc) is 2.97. The number of amides is 1. The second kappa shape index (κ2) is 6.43. The van der Waals surface area contributed by atoms with E-state index in [1.807, 2.05) is 17.0 Å². The maximum Gasteiger partial charge on any atom is 0.222 e. The molecule has 0 N–H and O–H groups in total. The fourth-order valence-corrected chi connectivity index (χ4v) is 3.16. The number of hydrogen-bond donors (Lipinski definition) is 0. The standard InChI is InChI=1S/C16H22N2O3/c19-15-4-5-16(6-10-20-13-16)12-18(15)8-2-9-21-14-3-1-7-17-11-14/h1,3,7,11H,2,4-6,8-10,12-13H2/t16-/m0/s1. The average molecular weight is 290 g/mol. The van der Waals surface area contributed by atoms with Gasteiger partial charge in [-0.25, -0.2) is 0 Å². The van der Waals surface area contributed by atoms with Crippen LogP contribution in [0.5, 0.6) is 5.75 Å².